The first-order valence-electron chi connectivity index (χ1n) is 7.41. The third-order valence-corrected chi connectivity index (χ3v) is 5.98. The first-order chi connectivity index (χ1) is 10.7. The van der Waals surface area contributed by atoms with Gasteiger partial charge >= 0.3 is 0 Å². The Morgan fingerprint density at radius 3 is 2.95 bits per heavy atom. The molecule has 0 fully saturated rings. The van der Waals surface area contributed by atoms with Gasteiger partial charge in [-0.1, -0.05) is 30.3 Å². The third-order valence-electron chi connectivity index (χ3n) is 3.74. The highest BCUT2D eigenvalue weighted by atomic mass is 32.2. The highest BCUT2D eigenvalue weighted by Crippen LogP contribution is 2.39. The SMILES string of the molecule is O=C(NCC(O)Cc1ccccc1)C1SCCc2sccc21. The van der Waals surface area contributed by atoms with Crippen molar-refractivity contribution >= 4 is 29.0 Å². The van der Waals surface area contributed by atoms with Gasteiger partial charge in [0.2, 0.25) is 5.91 Å². The second-order valence-corrected chi connectivity index (χ2v) is 7.60. The smallest absolute Gasteiger partial charge is 0.237 e. The highest BCUT2D eigenvalue weighted by Gasteiger charge is 2.28. The Labute approximate surface area is 138 Å². The number of benzene rings is 1. The topological polar surface area (TPSA) is 49.3 Å². The summed E-state index contributed by atoms with van der Waals surface area (Å²) in [5.41, 5.74) is 2.23. The largest absolute Gasteiger partial charge is 0.391 e. The summed E-state index contributed by atoms with van der Waals surface area (Å²) in [7, 11) is 0. The van der Waals surface area contributed by atoms with Crippen molar-refractivity contribution in [3.05, 3.63) is 57.8 Å². The molecule has 0 radical (unpaired) electrons. The van der Waals surface area contributed by atoms with E-state index in [0.29, 0.717) is 13.0 Å². The maximum Gasteiger partial charge on any atom is 0.237 e. The molecular formula is C17H19NO2S2. The van der Waals surface area contributed by atoms with E-state index < -0.39 is 6.10 Å². The number of carbonyl (C=O) groups is 1. The van der Waals surface area contributed by atoms with Gasteiger partial charge in [-0.2, -0.15) is 0 Å². The lowest BCUT2D eigenvalue weighted by molar-refractivity contribution is -0.121. The zero-order valence-electron chi connectivity index (χ0n) is 12.2. The lowest BCUT2D eigenvalue weighted by atomic mass is 10.1. The molecule has 3 rings (SSSR count). The predicted octanol–water partition coefficient (Wildman–Crippen LogP) is 2.80. The van der Waals surface area contributed by atoms with Crippen LogP contribution in [0, 0.1) is 0 Å². The molecule has 1 aromatic carbocycles. The Hall–Kier alpha value is -1.30. The Bertz CT molecular complexity index is 627. The van der Waals surface area contributed by atoms with Crippen molar-refractivity contribution in [3.63, 3.8) is 0 Å². The second kappa shape index (κ2) is 7.31. The molecule has 0 bridgehead atoms. The van der Waals surface area contributed by atoms with Crippen LogP contribution in [0.2, 0.25) is 0 Å². The Morgan fingerprint density at radius 2 is 2.14 bits per heavy atom. The van der Waals surface area contributed by atoms with E-state index >= 15 is 0 Å². The maximum atomic E-state index is 12.4. The van der Waals surface area contributed by atoms with E-state index in [1.54, 1.807) is 23.1 Å². The zero-order chi connectivity index (χ0) is 15.4. The number of aliphatic hydroxyl groups excluding tert-OH is 1. The fourth-order valence-corrected chi connectivity index (χ4v) is 4.95. The molecule has 116 valence electrons. The summed E-state index contributed by atoms with van der Waals surface area (Å²) in [6.45, 7) is 0.296. The molecule has 3 nitrogen and oxygen atoms in total. The number of carbonyl (C=O) groups excluding carboxylic acids is 1. The van der Waals surface area contributed by atoms with E-state index in [-0.39, 0.29) is 11.2 Å². The molecule has 0 aliphatic carbocycles. The van der Waals surface area contributed by atoms with Gasteiger partial charge in [0, 0.05) is 17.8 Å². The number of amides is 1. The quantitative estimate of drug-likeness (QED) is 0.884. The van der Waals surface area contributed by atoms with E-state index in [1.165, 1.54) is 4.88 Å². The summed E-state index contributed by atoms with van der Waals surface area (Å²) in [4.78, 5) is 13.7. The zero-order valence-corrected chi connectivity index (χ0v) is 13.8. The predicted molar refractivity (Wildman–Crippen MR) is 92.4 cm³/mol. The summed E-state index contributed by atoms with van der Waals surface area (Å²) in [5.74, 6) is 0.995. The van der Waals surface area contributed by atoms with Crippen LogP contribution in [0.5, 0.6) is 0 Å². The summed E-state index contributed by atoms with van der Waals surface area (Å²) < 4.78 is 0. The van der Waals surface area contributed by atoms with Crippen molar-refractivity contribution in [3.8, 4) is 0 Å². The van der Waals surface area contributed by atoms with Crippen LogP contribution in [0.4, 0.5) is 0 Å². The molecule has 1 aromatic heterocycles. The van der Waals surface area contributed by atoms with Crippen LogP contribution >= 0.6 is 23.1 Å². The van der Waals surface area contributed by atoms with E-state index in [1.807, 2.05) is 30.3 Å². The number of aryl methyl sites for hydroxylation is 1. The molecule has 1 aliphatic heterocycles. The Morgan fingerprint density at radius 1 is 1.32 bits per heavy atom. The molecule has 0 saturated carbocycles. The lowest BCUT2D eigenvalue weighted by Gasteiger charge is -2.22. The number of rotatable bonds is 5. The van der Waals surface area contributed by atoms with E-state index in [9.17, 15) is 9.90 Å². The number of aliphatic hydroxyl groups is 1. The van der Waals surface area contributed by atoms with Gasteiger partial charge in [-0.15, -0.1) is 23.1 Å². The van der Waals surface area contributed by atoms with Gasteiger partial charge in [0.05, 0.1) is 6.10 Å². The fraction of sp³-hybridized carbons (Fsp3) is 0.353. The molecule has 2 N–H and O–H groups in total. The van der Waals surface area contributed by atoms with E-state index in [4.69, 9.17) is 0 Å². The normalized spacial score (nSPS) is 18.5. The van der Waals surface area contributed by atoms with Gasteiger partial charge in [0.15, 0.2) is 0 Å². The van der Waals surface area contributed by atoms with Crippen molar-refractivity contribution < 1.29 is 9.90 Å². The third kappa shape index (κ3) is 3.72. The minimum atomic E-state index is -0.554. The second-order valence-electron chi connectivity index (χ2n) is 5.39. The number of thioether (sulfide) groups is 1. The first-order valence-corrected chi connectivity index (χ1v) is 9.34. The minimum absolute atomic E-state index is 0.0106. The van der Waals surface area contributed by atoms with Crippen LogP contribution < -0.4 is 5.32 Å². The van der Waals surface area contributed by atoms with Crippen molar-refractivity contribution in [1.29, 1.82) is 0 Å². The monoisotopic (exact) mass is 333 g/mol. The van der Waals surface area contributed by atoms with Crippen LogP contribution in [0.25, 0.3) is 0 Å². The van der Waals surface area contributed by atoms with Crippen LogP contribution in [0.1, 0.15) is 21.3 Å². The van der Waals surface area contributed by atoms with Crippen molar-refractivity contribution in [2.45, 2.75) is 24.2 Å². The first kappa shape index (κ1) is 15.6. The van der Waals surface area contributed by atoms with Crippen molar-refractivity contribution in [2.24, 2.45) is 0 Å². The Balaban J connectivity index is 1.53. The number of thiophene rings is 1. The average molecular weight is 333 g/mol. The number of hydrogen-bond donors (Lipinski definition) is 2. The van der Waals surface area contributed by atoms with Gasteiger partial charge in [-0.25, -0.2) is 0 Å². The van der Waals surface area contributed by atoms with Crippen LogP contribution in [-0.2, 0) is 17.6 Å². The lowest BCUT2D eigenvalue weighted by Crippen LogP contribution is -2.36. The summed E-state index contributed by atoms with van der Waals surface area (Å²) in [6, 6.07) is 11.9. The fourth-order valence-electron chi connectivity index (χ4n) is 2.63. The summed E-state index contributed by atoms with van der Waals surface area (Å²) in [6.07, 6.45) is 1.06. The van der Waals surface area contributed by atoms with Gasteiger partial charge in [-0.3, -0.25) is 4.79 Å². The molecule has 5 heteroatoms. The van der Waals surface area contributed by atoms with Crippen LogP contribution in [0.3, 0.4) is 0 Å². The molecule has 0 spiro atoms. The molecular weight excluding hydrogens is 314 g/mol. The molecule has 22 heavy (non-hydrogen) atoms. The van der Waals surface area contributed by atoms with E-state index in [0.717, 1.165) is 23.3 Å². The minimum Gasteiger partial charge on any atom is -0.391 e. The molecule has 2 aromatic rings. The molecule has 0 saturated heterocycles. The van der Waals surface area contributed by atoms with Crippen molar-refractivity contribution in [1.82, 2.24) is 5.32 Å². The number of hydrogen-bond acceptors (Lipinski definition) is 4. The standard InChI is InChI=1S/C17H19NO2S2/c19-13(10-12-4-2-1-3-5-12)11-18-17(20)16-14-6-8-21-15(14)7-9-22-16/h1-6,8,13,16,19H,7,9-11H2,(H,18,20). The van der Waals surface area contributed by atoms with Gasteiger partial charge < -0.3 is 10.4 Å². The highest BCUT2D eigenvalue weighted by molar-refractivity contribution is 8.00. The average Bonchev–Trinajstić information content (AvgIpc) is 3.02. The van der Waals surface area contributed by atoms with E-state index in [2.05, 4.69) is 16.8 Å². The summed E-state index contributed by atoms with van der Waals surface area (Å²) >= 11 is 3.42. The molecule has 2 atom stereocenters. The summed E-state index contributed by atoms with van der Waals surface area (Å²) in [5, 5.41) is 14.9. The van der Waals surface area contributed by atoms with Crippen LogP contribution in [0.15, 0.2) is 41.8 Å². The molecule has 2 unspecified atom stereocenters. The van der Waals surface area contributed by atoms with Gasteiger partial charge in [0.1, 0.15) is 5.25 Å². The Kier molecular flexibility index (Phi) is 5.18. The maximum absolute atomic E-state index is 12.4. The molecule has 1 amide bonds. The molecule has 1 aliphatic rings. The van der Waals surface area contributed by atoms with Crippen LogP contribution in [-0.4, -0.2) is 29.4 Å². The number of nitrogens with one attached hydrogen (secondary N) is 1. The van der Waals surface area contributed by atoms with Gasteiger partial charge in [0.25, 0.3) is 0 Å². The molecule has 2 heterocycles. The number of fused-ring (bicyclic) bond motifs is 1. The van der Waals surface area contributed by atoms with Crippen molar-refractivity contribution in [2.75, 3.05) is 12.3 Å². The van der Waals surface area contributed by atoms with Gasteiger partial charge in [-0.05, 0) is 34.7 Å².